The fourth-order valence-electron chi connectivity index (χ4n) is 2.13. The number of nitrogens with zero attached hydrogens (tertiary/aromatic N) is 2. The van der Waals surface area contributed by atoms with Crippen molar-refractivity contribution in [2.45, 2.75) is 37.8 Å². The van der Waals surface area contributed by atoms with Crippen LogP contribution in [-0.4, -0.2) is 49.7 Å². The number of carbonyl (C=O) groups excluding carboxylic acids is 2. The Bertz CT molecular complexity index is 644. The van der Waals surface area contributed by atoms with E-state index in [1.807, 2.05) is 6.92 Å². The molecule has 0 radical (unpaired) electrons. The normalized spacial score (nSPS) is 13.1. The second kappa shape index (κ2) is 8.19. The van der Waals surface area contributed by atoms with E-state index in [1.54, 1.807) is 37.2 Å². The highest BCUT2D eigenvalue weighted by Gasteiger charge is 2.33. The van der Waals surface area contributed by atoms with Crippen molar-refractivity contribution in [2.24, 2.45) is 0 Å². The number of ketones is 1. The van der Waals surface area contributed by atoms with E-state index < -0.39 is 22.1 Å². The van der Waals surface area contributed by atoms with Crippen molar-refractivity contribution in [3.8, 4) is 0 Å². The Kier molecular flexibility index (Phi) is 6.86. The van der Waals surface area contributed by atoms with Gasteiger partial charge in [0, 0.05) is 0 Å². The number of hydrogen-bond acceptors (Lipinski definition) is 5. The summed E-state index contributed by atoms with van der Waals surface area (Å²) in [5.74, 6) is -0.991. The second-order valence-electron chi connectivity index (χ2n) is 5.38. The van der Waals surface area contributed by atoms with Crippen LogP contribution in [0.1, 0.15) is 26.7 Å². The molecule has 1 unspecified atom stereocenters. The van der Waals surface area contributed by atoms with E-state index >= 15 is 0 Å². The third kappa shape index (κ3) is 5.12. The van der Waals surface area contributed by atoms with E-state index in [4.69, 9.17) is 0 Å². The number of benzene rings is 1. The molecular weight excluding hydrogens is 318 g/mol. The lowest BCUT2D eigenvalue weighted by atomic mass is 10.3. The molecule has 1 aromatic carbocycles. The van der Waals surface area contributed by atoms with E-state index in [1.165, 1.54) is 19.1 Å². The SMILES string of the molecule is CCC(N(C)C)N(NC(=O)CC(C)=O)S(=O)(=O)c1ccccc1. The first-order valence-corrected chi connectivity index (χ1v) is 8.69. The van der Waals surface area contributed by atoms with Gasteiger partial charge in [-0.1, -0.05) is 29.5 Å². The van der Waals surface area contributed by atoms with Crippen molar-refractivity contribution in [3.05, 3.63) is 30.3 Å². The largest absolute Gasteiger partial charge is 0.299 e. The predicted molar refractivity (Wildman–Crippen MR) is 86.7 cm³/mol. The van der Waals surface area contributed by atoms with Crippen LogP contribution >= 0.6 is 0 Å². The van der Waals surface area contributed by atoms with Crippen molar-refractivity contribution in [2.75, 3.05) is 14.1 Å². The maximum absolute atomic E-state index is 12.9. The Morgan fingerprint density at radius 2 is 1.74 bits per heavy atom. The summed E-state index contributed by atoms with van der Waals surface area (Å²) in [6.07, 6.45) is -0.486. The molecule has 0 aromatic heterocycles. The summed E-state index contributed by atoms with van der Waals surface area (Å²) in [6.45, 7) is 3.09. The first-order valence-electron chi connectivity index (χ1n) is 7.25. The first kappa shape index (κ1) is 19.3. The lowest BCUT2D eigenvalue weighted by Gasteiger charge is -2.34. The van der Waals surface area contributed by atoms with Gasteiger partial charge in [0.25, 0.3) is 10.0 Å². The van der Waals surface area contributed by atoms with E-state index in [9.17, 15) is 18.0 Å². The molecule has 0 aliphatic rings. The fourth-order valence-corrected chi connectivity index (χ4v) is 3.74. The number of hydrazine groups is 1. The Labute approximate surface area is 137 Å². The molecule has 0 saturated carbocycles. The maximum atomic E-state index is 12.9. The minimum absolute atomic E-state index is 0.0726. The van der Waals surface area contributed by atoms with Crippen LogP contribution in [-0.2, 0) is 19.6 Å². The Morgan fingerprint density at radius 3 is 2.17 bits per heavy atom. The average Bonchev–Trinajstić information content (AvgIpc) is 2.46. The number of hydrogen-bond donors (Lipinski definition) is 1. The summed E-state index contributed by atoms with van der Waals surface area (Å²) in [5.41, 5.74) is 2.36. The number of sulfonamides is 1. The Hall–Kier alpha value is -1.77. The quantitative estimate of drug-likeness (QED) is 0.433. The van der Waals surface area contributed by atoms with E-state index in [0.717, 1.165) is 4.41 Å². The van der Waals surface area contributed by atoms with Crippen LogP contribution in [0.4, 0.5) is 0 Å². The third-order valence-electron chi connectivity index (χ3n) is 3.18. The summed E-state index contributed by atoms with van der Waals surface area (Å²) < 4.78 is 26.6. The topological polar surface area (TPSA) is 86.8 Å². The molecule has 0 fully saturated rings. The van der Waals surface area contributed by atoms with Crippen molar-refractivity contribution >= 4 is 21.7 Å². The molecule has 0 saturated heterocycles. The van der Waals surface area contributed by atoms with Crippen LogP contribution in [0.2, 0.25) is 0 Å². The van der Waals surface area contributed by atoms with Gasteiger partial charge in [0.05, 0.1) is 17.5 Å². The van der Waals surface area contributed by atoms with Crippen LogP contribution in [0, 0.1) is 0 Å². The highest BCUT2D eigenvalue weighted by atomic mass is 32.2. The van der Waals surface area contributed by atoms with Crippen molar-refractivity contribution in [3.63, 3.8) is 0 Å². The molecule has 8 heteroatoms. The molecule has 0 aliphatic carbocycles. The lowest BCUT2D eigenvalue weighted by molar-refractivity contribution is -0.130. The molecule has 0 spiro atoms. The fraction of sp³-hybridized carbons (Fsp3) is 0.467. The van der Waals surface area contributed by atoms with Gasteiger partial charge in [-0.05, 0) is 39.6 Å². The van der Waals surface area contributed by atoms with Gasteiger partial charge in [0.2, 0.25) is 5.91 Å². The summed E-state index contributed by atoms with van der Waals surface area (Å²) >= 11 is 0. The monoisotopic (exact) mass is 341 g/mol. The Balaban J connectivity index is 3.23. The van der Waals surface area contributed by atoms with Crippen molar-refractivity contribution in [1.82, 2.24) is 14.7 Å². The molecule has 1 amide bonds. The van der Waals surface area contributed by atoms with Gasteiger partial charge in [0.15, 0.2) is 0 Å². The molecule has 0 heterocycles. The molecule has 0 aliphatic heterocycles. The predicted octanol–water partition coefficient (Wildman–Crippen LogP) is 0.985. The number of Topliss-reactive ketones (excluding diaryl/α,β-unsaturated/α-hetero) is 1. The van der Waals surface area contributed by atoms with Crippen LogP contribution < -0.4 is 5.43 Å². The summed E-state index contributed by atoms with van der Waals surface area (Å²) in [4.78, 5) is 24.8. The summed E-state index contributed by atoms with van der Waals surface area (Å²) in [7, 11) is -0.498. The van der Waals surface area contributed by atoms with Crippen LogP contribution in [0.3, 0.4) is 0 Å². The van der Waals surface area contributed by atoms with Gasteiger partial charge < -0.3 is 0 Å². The molecule has 23 heavy (non-hydrogen) atoms. The zero-order chi connectivity index (χ0) is 17.6. The zero-order valence-electron chi connectivity index (χ0n) is 13.8. The summed E-state index contributed by atoms with van der Waals surface area (Å²) in [6, 6.07) is 7.85. The highest BCUT2D eigenvalue weighted by Crippen LogP contribution is 2.18. The van der Waals surface area contributed by atoms with Gasteiger partial charge >= 0.3 is 0 Å². The van der Waals surface area contributed by atoms with Crippen LogP contribution in [0.25, 0.3) is 0 Å². The van der Waals surface area contributed by atoms with Crippen LogP contribution in [0.15, 0.2) is 35.2 Å². The minimum atomic E-state index is -3.94. The minimum Gasteiger partial charge on any atom is -0.299 e. The van der Waals surface area contributed by atoms with E-state index in [2.05, 4.69) is 5.43 Å². The number of carbonyl (C=O) groups is 2. The number of nitrogens with one attached hydrogen (secondary N) is 1. The van der Waals surface area contributed by atoms with Crippen molar-refractivity contribution in [1.29, 1.82) is 0 Å². The highest BCUT2D eigenvalue weighted by molar-refractivity contribution is 7.89. The Morgan fingerprint density at radius 1 is 1.17 bits per heavy atom. The number of amides is 1. The van der Waals surface area contributed by atoms with Gasteiger partial charge in [-0.25, -0.2) is 8.42 Å². The smallest absolute Gasteiger partial charge is 0.261 e. The number of rotatable bonds is 8. The summed E-state index contributed by atoms with van der Waals surface area (Å²) in [5, 5.41) is 0. The van der Waals surface area contributed by atoms with Crippen LogP contribution in [0.5, 0.6) is 0 Å². The van der Waals surface area contributed by atoms with Crippen molar-refractivity contribution < 1.29 is 18.0 Å². The third-order valence-corrected chi connectivity index (χ3v) is 4.90. The van der Waals surface area contributed by atoms with E-state index in [-0.39, 0.29) is 17.1 Å². The average molecular weight is 341 g/mol. The zero-order valence-corrected chi connectivity index (χ0v) is 14.6. The molecule has 7 nitrogen and oxygen atoms in total. The molecular formula is C15H23N3O4S. The molecule has 1 aromatic rings. The molecule has 0 bridgehead atoms. The standard InChI is InChI=1S/C15H23N3O4S/c1-5-15(17(3)4)18(16-14(20)11-12(2)19)23(21,22)13-9-7-6-8-10-13/h6-10,15H,5,11H2,1-4H3,(H,16,20). The molecule has 128 valence electrons. The second-order valence-corrected chi connectivity index (χ2v) is 7.20. The van der Waals surface area contributed by atoms with Gasteiger partial charge in [-0.2, -0.15) is 0 Å². The van der Waals surface area contributed by atoms with Gasteiger partial charge in [-0.15, -0.1) is 0 Å². The lowest BCUT2D eigenvalue weighted by Crippen LogP contribution is -2.56. The van der Waals surface area contributed by atoms with E-state index in [0.29, 0.717) is 6.42 Å². The van der Waals surface area contributed by atoms with Gasteiger partial charge in [0.1, 0.15) is 5.78 Å². The maximum Gasteiger partial charge on any atom is 0.261 e. The van der Waals surface area contributed by atoms with Gasteiger partial charge in [-0.3, -0.25) is 19.9 Å². The molecule has 1 rings (SSSR count). The first-order chi connectivity index (χ1) is 10.7. The molecule has 1 atom stereocenters. The molecule has 1 N–H and O–H groups in total.